The number of nitrogens with one attached hydrogen (secondary N) is 1. The zero-order chi connectivity index (χ0) is 13.9. The number of halogens is 1. The molecule has 3 rings (SSSR count). The van der Waals surface area contributed by atoms with Gasteiger partial charge in [-0.3, -0.25) is 4.98 Å². The lowest BCUT2D eigenvalue weighted by Gasteiger charge is -2.13. The van der Waals surface area contributed by atoms with E-state index in [-0.39, 0.29) is 6.04 Å². The van der Waals surface area contributed by atoms with Crippen LogP contribution >= 0.6 is 15.9 Å². The second kappa shape index (κ2) is 5.73. The summed E-state index contributed by atoms with van der Waals surface area (Å²) < 4.78 is 3.14. The third-order valence-corrected chi connectivity index (χ3v) is 3.81. The highest BCUT2D eigenvalue weighted by atomic mass is 79.9. The Morgan fingerprint density at radius 1 is 1.25 bits per heavy atom. The Balaban J connectivity index is 1.75. The maximum Gasteiger partial charge on any atom is 0.136 e. The van der Waals surface area contributed by atoms with E-state index >= 15 is 0 Å². The summed E-state index contributed by atoms with van der Waals surface area (Å²) >= 11 is 3.49. The van der Waals surface area contributed by atoms with Gasteiger partial charge < -0.3 is 9.72 Å². The summed E-state index contributed by atoms with van der Waals surface area (Å²) in [5.41, 5.74) is 3.33. The lowest BCUT2D eigenvalue weighted by Crippen LogP contribution is -2.19. The fourth-order valence-corrected chi connectivity index (χ4v) is 2.50. The molecule has 102 valence electrons. The van der Waals surface area contributed by atoms with E-state index in [0.717, 1.165) is 22.4 Å². The van der Waals surface area contributed by atoms with Gasteiger partial charge in [0.1, 0.15) is 5.65 Å². The highest BCUT2D eigenvalue weighted by molar-refractivity contribution is 9.10. The van der Waals surface area contributed by atoms with Gasteiger partial charge in [0.2, 0.25) is 0 Å². The van der Waals surface area contributed by atoms with E-state index < -0.39 is 0 Å². The van der Waals surface area contributed by atoms with Crippen LogP contribution in [0.15, 0.2) is 53.5 Å². The van der Waals surface area contributed by atoms with Crippen molar-refractivity contribution in [1.82, 2.24) is 19.7 Å². The van der Waals surface area contributed by atoms with Crippen molar-refractivity contribution in [2.45, 2.75) is 19.5 Å². The Labute approximate surface area is 126 Å². The SMILES string of the molecule is CC(NCc1cnc2ccc(Br)cn12)c1ccncc1. The molecule has 20 heavy (non-hydrogen) atoms. The summed E-state index contributed by atoms with van der Waals surface area (Å²) in [7, 11) is 0. The lowest BCUT2D eigenvalue weighted by molar-refractivity contribution is 0.565. The van der Waals surface area contributed by atoms with Gasteiger partial charge >= 0.3 is 0 Å². The van der Waals surface area contributed by atoms with Crippen molar-refractivity contribution < 1.29 is 0 Å². The summed E-state index contributed by atoms with van der Waals surface area (Å²) in [5, 5.41) is 3.51. The maximum absolute atomic E-state index is 4.40. The van der Waals surface area contributed by atoms with Gasteiger partial charge in [0.15, 0.2) is 0 Å². The molecule has 0 saturated heterocycles. The number of rotatable bonds is 4. The van der Waals surface area contributed by atoms with Crippen LogP contribution in [-0.2, 0) is 6.54 Å². The second-order valence-corrected chi connectivity index (χ2v) is 5.62. The zero-order valence-electron chi connectivity index (χ0n) is 11.1. The quantitative estimate of drug-likeness (QED) is 0.797. The lowest BCUT2D eigenvalue weighted by atomic mass is 10.1. The Morgan fingerprint density at radius 2 is 2.05 bits per heavy atom. The molecule has 5 heteroatoms. The minimum Gasteiger partial charge on any atom is -0.305 e. The molecule has 4 nitrogen and oxygen atoms in total. The molecule has 0 spiro atoms. The Hall–Kier alpha value is -1.72. The average molecular weight is 331 g/mol. The number of pyridine rings is 2. The first-order chi connectivity index (χ1) is 9.74. The standard InChI is InChI=1S/C15H15BrN4/c1-11(12-4-6-17-7-5-12)18-8-14-9-19-15-3-2-13(16)10-20(14)15/h2-7,9-11,18H,8H2,1H3. The van der Waals surface area contributed by atoms with Crippen LogP contribution in [0.4, 0.5) is 0 Å². The zero-order valence-corrected chi connectivity index (χ0v) is 12.7. The van der Waals surface area contributed by atoms with Gasteiger partial charge in [0, 0.05) is 35.6 Å². The Kier molecular flexibility index (Phi) is 3.80. The van der Waals surface area contributed by atoms with Crippen LogP contribution in [0.2, 0.25) is 0 Å². The first kappa shape index (κ1) is 13.3. The second-order valence-electron chi connectivity index (χ2n) is 4.71. The average Bonchev–Trinajstić information content (AvgIpc) is 2.88. The van der Waals surface area contributed by atoms with Gasteiger partial charge in [-0.25, -0.2) is 4.98 Å². The van der Waals surface area contributed by atoms with Crippen molar-refractivity contribution >= 4 is 21.6 Å². The summed E-state index contributed by atoms with van der Waals surface area (Å²) in [6, 6.07) is 8.33. The van der Waals surface area contributed by atoms with E-state index in [0.29, 0.717) is 0 Å². The normalized spacial score (nSPS) is 12.7. The molecule has 0 aliphatic carbocycles. The van der Waals surface area contributed by atoms with Crippen LogP contribution in [-0.4, -0.2) is 14.4 Å². The predicted molar refractivity (Wildman–Crippen MR) is 82.4 cm³/mol. The molecule has 3 aromatic heterocycles. The van der Waals surface area contributed by atoms with Gasteiger partial charge in [-0.05, 0) is 52.7 Å². The minimum atomic E-state index is 0.274. The van der Waals surface area contributed by atoms with Crippen molar-refractivity contribution in [1.29, 1.82) is 0 Å². The van der Waals surface area contributed by atoms with Crippen LogP contribution in [0.3, 0.4) is 0 Å². The van der Waals surface area contributed by atoms with Crippen molar-refractivity contribution in [3.05, 3.63) is 64.8 Å². The fourth-order valence-electron chi connectivity index (χ4n) is 2.16. The van der Waals surface area contributed by atoms with Crippen LogP contribution in [0, 0.1) is 0 Å². The third-order valence-electron chi connectivity index (χ3n) is 3.34. The molecule has 0 aromatic carbocycles. The van der Waals surface area contributed by atoms with Crippen LogP contribution in [0.25, 0.3) is 5.65 Å². The van der Waals surface area contributed by atoms with Gasteiger partial charge in [0.25, 0.3) is 0 Å². The molecule has 0 aliphatic rings. The third kappa shape index (κ3) is 2.73. The molecule has 0 fully saturated rings. The number of aromatic nitrogens is 3. The fraction of sp³-hybridized carbons (Fsp3) is 0.200. The molecule has 0 aliphatic heterocycles. The van der Waals surface area contributed by atoms with Gasteiger partial charge in [-0.2, -0.15) is 0 Å². The molecule has 3 aromatic rings. The summed E-state index contributed by atoms with van der Waals surface area (Å²) in [6.45, 7) is 2.91. The van der Waals surface area contributed by atoms with Crippen molar-refractivity contribution in [3.63, 3.8) is 0 Å². The van der Waals surface area contributed by atoms with Crippen LogP contribution < -0.4 is 5.32 Å². The smallest absolute Gasteiger partial charge is 0.136 e. The topological polar surface area (TPSA) is 42.2 Å². The maximum atomic E-state index is 4.40. The molecule has 0 radical (unpaired) electrons. The van der Waals surface area contributed by atoms with Gasteiger partial charge in [0.05, 0.1) is 11.9 Å². The van der Waals surface area contributed by atoms with Crippen molar-refractivity contribution in [2.24, 2.45) is 0 Å². The van der Waals surface area contributed by atoms with Crippen molar-refractivity contribution in [3.8, 4) is 0 Å². The molecule has 1 unspecified atom stereocenters. The summed E-state index contributed by atoms with van der Waals surface area (Å²) in [4.78, 5) is 8.44. The molecule has 3 heterocycles. The first-order valence-electron chi connectivity index (χ1n) is 6.49. The molecule has 1 atom stereocenters. The van der Waals surface area contributed by atoms with Gasteiger partial charge in [-0.1, -0.05) is 0 Å². The number of fused-ring (bicyclic) bond motifs is 1. The Morgan fingerprint density at radius 3 is 2.85 bits per heavy atom. The molecule has 0 amide bonds. The largest absolute Gasteiger partial charge is 0.305 e. The highest BCUT2D eigenvalue weighted by Gasteiger charge is 2.07. The van der Waals surface area contributed by atoms with Crippen LogP contribution in [0.5, 0.6) is 0 Å². The van der Waals surface area contributed by atoms with E-state index in [1.54, 1.807) is 0 Å². The van der Waals surface area contributed by atoms with E-state index in [4.69, 9.17) is 0 Å². The molecule has 0 saturated carbocycles. The predicted octanol–water partition coefficient (Wildman–Crippen LogP) is 3.34. The number of imidazole rings is 1. The van der Waals surface area contributed by atoms with Crippen molar-refractivity contribution in [2.75, 3.05) is 0 Å². The van der Waals surface area contributed by atoms with Gasteiger partial charge in [-0.15, -0.1) is 0 Å². The molecule has 1 N–H and O–H groups in total. The number of hydrogen-bond acceptors (Lipinski definition) is 3. The minimum absolute atomic E-state index is 0.274. The Bertz CT molecular complexity index is 708. The van der Waals surface area contributed by atoms with E-state index in [1.807, 2.05) is 49.1 Å². The number of nitrogens with zero attached hydrogens (tertiary/aromatic N) is 3. The summed E-state index contributed by atoms with van der Waals surface area (Å²) in [5.74, 6) is 0. The van der Waals surface area contributed by atoms with E-state index in [1.165, 1.54) is 5.56 Å². The molecular formula is C15H15BrN4. The van der Waals surface area contributed by atoms with E-state index in [2.05, 4.69) is 42.5 Å². The highest BCUT2D eigenvalue weighted by Crippen LogP contribution is 2.15. The van der Waals surface area contributed by atoms with Crippen LogP contribution in [0.1, 0.15) is 24.2 Å². The number of hydrogen-bond donors (Lipinski definition) is 1. The monoisotopic (exact) mass is 330 g/mol. The van der Waals surface area contributed by atoms with E-state index in [9.17, 15) is 0 Å². The molecule has 0 bridgehead atoms. The first-order valence-corrected chi connectivity index (χ1v) is 7.28. The summed E-state index contributed by atoms with van der Waals surface area (Å²) in [6.07, 6.45) is 7.59. The molecular weight excluding hydrogens is 316 g/mol.